The summed E-state index contributed by atoms with van der Waals surface area (Å²) in [4.78, 5) is 31.2. The second kappa shape index (κ2) is 10.4. The lowest BCUT2D eigenvalue weighted by molar-refractivity contribution is -0.144. The van der Waals surface area contributed by atoms with Crippen LogP contribution in [-0.2, 0) is 20.4 Å². The van der Waals surface area contributed by atoms with Gasteiger partial charge >= 0.3 is 18.2 Å². The number of carbonyl (C=O) groups is 2. The maximum absolute atomic E-state index is 13.1. The Bertz CT molecular complexity index is 1210. The SMILES string of the molecule is CCOC(=O)N1CCC2C(CC3C(=O)O[C@H](C)C3C2/C=C/c2ccc(-c3cccc(C(F)(F)F)c3)cn2)C1. The fourth-order valence-electron chi connectivity index (χ4n) is 6.50. The maximum atomic E-state index is 13.1. The van der Waals surface area contributed by atoms with E-state index in [1.165, 1.54) is 6.07 Å². The topological polar surface area (TPSA) is 68.7 Å². The maximum Gasteiger partial charge on any atom is 0.416 e. The van der Waals surface area contributed by atoms with Crippen molar-refractivity contribution in [2.75, 3.05) is 19.7 Å². The number of alkyl halides is 3. The molecule has 1 aromatic carbocycles. The number of halogens is 3. The first-order valence-electron chi connectivity index (χ1n) is 13.1. The first-order chi connectivity index (χ1) is 18.2. The molecule has 1 saturated carbocycles. The van der Waals surface area contributed by atoms with Gasteiger partial charge in [-0.2, -0.15) is 13.2 Å². The van der Waals surface area contributed by atoms with Gasteiger partial charge in [-0.25, -0.2) is 4.79 Å². The number of benzene rings is 1. The molecule has 5 unspecified atom stereocenters. The van der Waals surface area contributed by atoms with Gasteiger partial charge in [0.25, 0.3) is 0 Å². The minimum atomic E-state index is -4.41. The van der Waals surface area contributed by atoms with Crippen LogP contribution < -0.4 is 0 Å². The Morgan fingerprint density at radius 1 is 1.24 bits per heavy atom. The van der Waals surface area contributed by atoms with Crippen molar-refractivity contribution in [1.82, 2.24) is 9.88 Å². The minimum absolute atomic E-state index is 0.0542. The van der Waals surface area contributed by atoms with Gasteiger partial charge in [0.2, 0.25) is 0 Å². The number of hydrogen-bond acceptors (Lipinski definition) is 5. The molecule has 1 aliphatic carbocycles. The smallest absolute Gasteiger partial charge is 0.416 e. The quantitative estimate of drug-likeness (QED) is 0.451. The first-order valence-corrected chi connectivity index (χ1v) is 13.1. The Morgan fingerprint density at radius 2 is 2.05 bits per heavy atom. The molecule has 2 aromatic rings. The van der Waals surface area contributed by atoms with Crippen LogP contribution in [0.1, 0.15) is 37.9 Å². The third-order valence-electron chi connectivity index (χ3n) is 8.22. The predicted molar refractivity (Wildman–Crippen MR) is 135 cm³/mol. The van der Waals surface area contributed by atoms with Gasteiger partial charge in [0, 0.05) is 30.8 Å². The number of aromatic nitrogens is 1. The Kier molecular flexibility index (Phi) is 7.20. The number of esters is 1. The molecule has 0 N–H and O–H groups in total. The van der Waals surface area contributed by atoms with Gasteiger partial charge in [0.05, 0.1) is 23.8 Å². The number of fused-ring (bicyclic) bond motifs is 2. The molecular weight excluding hydrogens is 497 g/mol. The van der Waals surface area contributed by atoms with E-state index in [9.17, 15) is 22.8 Å². The predicted octanol–water partition coefficient (Wildman–Crippen LogP) is 6.07. The third kappa shape index (κ3) is 5.15. The second-order valence-corrected chi connectivity index (χ2v) is 10.4. The number of nitrogens with zero attached hydrogens (tertiary/aromatic N) is 2. The molecule has 1 aromatic heterocycles. The van der Waals surface area contributed by atoms with E-state index >= 15 is 0 Å². The minimum Gasteiger partial charge on any atom is -0.462 e. The summed E-state index contributed by atoms with van der Waals surface area (Å²) >= 11 is 0. The Morgan fingerprint density at radius 3 is 2.76 bits per heavy atom. The van der Waals surface area contributed by atoms with Crippen LogP contribution in [0.3, 0.4) is 0 Å². The van der Waals surface area contributed by atoms with E-state index in [0.29, 0.717) is 48.9 Å². The van der Waals surface area contributed by atoms with Crippen LogP contribution in [0.4, 0.5) is 18.0 Å². The Balaban J connectivity index is 1.36. The Hall–Kier alpha value is -3.36. The Labute approximate surface area is 219 Å². The van der Waals surface area contributed by atoms with Crippen LogP contribution in [0, 0.1) is 29.6 Å². The van der Waals surface area contributed by atoms with Gasteiger partial charge < -0.3 is 14.4 Å². The highest BCUT2D eigenvalue weighted by atomic mass is 19.4. The van der Waals surface area contributed by atoms with Gasteiger partial charge in [-0.05, 0) is 74.3 Å². The summed E-state index contributed by atoms with van der Waals surface area (Å²) < 4.78 is 50.1. The highest BCUT2D eigenvalue weighted by Crippen LogP contribution is 2.51. The van der Waals surface area contributed by atoms with Gasteiger partial charge in [0.1, 0.15) is 6.10 Å². The lowest BCUT2D eigenvalue weighted by Crippen LogP contribution is -2.51. The molecule has 0 radical (unpaired) electrons. The van der Waals surface area contributed by atoms with E-state index < -0.39 is 11.7 Å². The van der Waals surface area contributed by atoms with Gasteiger partial charge in [-0.3, -0.25) is 9.78 Å². The van der Waals surface area contributed by atoms with E-state index in [-0.39, 0.29) is 41.8 Å². The number of likely N-dealkylation sites (tertiary alicyclic amines) is 1. The van der Waals surface area contributed by atoms with Crippen LogP contribution in [0.5, 0.6) is 0 Å². The van der Waals surface area contributed by atoms with Crippen molar-refractivity contribution in [3.8, 4) is 11.1 Å². The van der Waals surface area contributed by atoms with E-state index in [1.807, 2.05) is 13.0 Å². The molecule has 5 rings (SSSR count). The lowest BCUT2D eigenvalue weighted by Gasteiger charge is -2.48. The van der Waals surface area contributed by atoms with E-state index in [2.05, 4.69) is 11.1 Å². The van der Waals surface area contributed by atoms with Crippen LogP contribution in [0.25, 0.3) is 17.2 Å². The zero-order valence-electron chi connectivity index (χ0n) is 21.4. The average molecular weight is 529 g/mol. The molecule has 3 aliphatic rings. The van der Waals surface area contributed by atoms with Crippen molar-refractivity contribution in [3.05, 3.63) is 59.9 Å². The number of hydrogen-bond donors (Lipinski definition) is 0. The summed E-state index contributed by atoms with van der Waals surface area (Å²) in [5.41, 5.74) is 1.03. The van der Waals surface area contributed by atoms with Crippen molar-refractivity contribution in [2.24, 2.45) is 29.6 Å². The summed E-state index contributed by atoms with van der Waals surface area (Å²) in [7, 11) is 0. The fourth-order valence-corrected chi connectivity index (χ4v) is 6.50. The van der Waals surface area contributed by atoms with Crippen molar-refractivity contribution >= 4 is 18.1 Å². The normalized spacial score (nSPS) is 29.1. The number of amides is 1. The molecule has 38 heavy (non-hydrogen) atoms. The van der Waals surface area contributed by atoms with E-state index in [0.717, 1.165) is 18.6 Å². The van der Waals surface area contributed by atoms with Crippen molar-refractivity contribution in [2.45, 2.75) is 39.0 Å². The number of ether oxygens (including phenoxy) is 2. The summed E-state index contributed by atoms with van der Waals surface area (Å²) in [6.45, 7) is 5.22. The van der Waals surface area contributed by atoms with Gasteiger partial charge in [0.15, 0.2) is 0 Å². The molecule has 0 bridgehead atoms. The molecule has 6 atom stereocenters. The number of pyridine rings is 1. The van der Waals surface area contributed by atoms with Crippen LogP contribution in [-0.4, -0.2) is 47.7 Å². The molecule has 3 heterocycles. The third-order valence-corrected chi connectivity index (χ3v) is 8.22. The zero-order valence-corrected chi connectivity index (χ0v) is 21.4. The number of carbonyl (C=O) groups excluding carboxylic acids is 2. The zero-order chi connectivity index (χ0) is 27.0. The largest absolute Gasteiger partial charge is 0.462 e. The molecule has 0 spiro atoms. The molecule has 2 saturated heterocycles. The second-order valence-electron chi connectivity index (χ2n) is 10.4. The molecule has 1 amide bonds. The number of allylic oxidation sites excluding steroid dienone is 1. The van der Waals surface area contributed by atoms with Gasteiger partial charge in [-0.1, -0.05) is 24.3 Å². The van der Waals surface area contributed by atoms with Crippen molar-refractivity contribution in [3.63, 3.8) is 0 Å². The molecule has 202 valence electrons. The highest BCUT2D eigenvalue weighted by molar-refractivity contribution is 5.76. The number of rotatable bonds is 4. The summed E-state index contributed by atoms with van der Waals surface area (Å²) in [6, 6.07) is 8.74. The average Bonchev–Trinajstić information content (AvgIpc) is 3.19. The van der Waals surface area contributed by atoms with Crippen molar-refractivity contribution < 1.29 is 32.2 Å². The van der Waals surface area contributed by atoms with E-state index in [4.69, 9.17) is 9.47 Å². The van der Waals surface area contributed by atoms with Gasteiger partial charge in [-0.15, -0.1) is 0 Å². The summed E-state index contributed by atoms with van der Waals surface area (Å²) in [5.74, 6) is 0.209. The molecule has 9 heteroatoms. The standard InChI is InChI=1S/C29H31F3N2O4/c1-3-37-28(36)34-12-11-23-20(16-34)14-25-26(17(2)38-27(25)35)24(23)10-9-22-8-7-19(15-33-22)18-5-4-6-21(13-18)29(30,31)32/h4-10,13,15,17,20,23-26H,3,11-12,14,16H2,1-2H3/b10-9+/t17-,20?,23?,24?,25?,26?/m1/s1. The lowest BCUT2D eigenvalue weighted by atomic mass is 9.59. The fraction of sp³-hybridized carbons (Fsp3) is 0.483. The molecule has 6 nitrogen and oxygen atoms in total. The summed E-state index contributed by atoms with van der Waals surface area (Å²) in [6.07, 6.45) is 2.20. The monoisotopic (exact) mass is 528 g/mol. The van der Waals surface area contributed by atoms with Crippen LogP contribution in [0.2, 0.25) is 0 Å². The van der Waals surface area contributed by atoms with E-state index in [1.54, 1.807) is 36.2 Å². The van der Waals surface area contributed by atoms with Crippen LogP contribution in [0.15, 0.2) is 48.7 Å². The van der Waals surface area contributed by atoms with Crippen LogP contribution >= 0.6 is 0 Å². The molecule has 2 aliphatic heterocycles. The van der Waals surface area contributed by atoms with Crippen molar-refractivity contribution in [1.29, 1.82) is 0 Å². The number of piperidine rings is 1. The first kappa shape index (κ1) is 26.3. The highest BCUT2D eigenvalue weighted by Gasteiger charge is 2.54. The molecular formula is C29H31F3N2O4. The number of cyclic esters (lactones) is 1. The molecule has 3 fully saturated rings. The summed E-state index contributed by atoms with van der Waals surface area (Å²) in [5, 5.41) is 0.